The minimum atomic E-state index is 0.0772. The van der Waals surface area contributed by atoms with E-state index in [9.17, 15) is 4.79 Å². The highest BCUT2D eigenvalue weighted by atomic mass is 35.5. The van der Waals surface area contributed by atoms with Crippen LogP contribution in [0.4, 0.5) is 11.4 Å². The first kappa shape index (κ1) is 18.6. The van der Waals surface area contributed by atoms with Crippen molar-refractivity contribution in [3.05, 3.63) is 70.0 Å². The van der Waals surface area contributed by atoms with Gasteiger partial charge < -0.3 is 10.6 Å². The second kappa shape index (κ2) is 7.32. The zero-order chi connectivity index (χ0) is 19.8. The first-order valence-electron chi connectivity index (χ1n) is 9.44. The minimum Gasteiger partial charge on any atom is -0.398 e. The normalized spacial score (nSPS) is 13.5. The highest BCUT2D eigenvalue weighted by molar-refractivity contribution is 6.30. The maximum atomic E-state index is 13.2. The Kier molecular flexibility index (Phi) is 4.85. The molecule has 0 unspecified atom stereocenters. The number of hydrogen-bond donors (Lipinski definition) is 1. The lowest BCUT2D eigenvalue weighted by molar-refractivity contribution is -0.118. The van der Waals surface area contributed by atoms with E-state index < -0.39 is 0 Å². The van der Waals surface area contributed by atoms with Crippen molar-refractivity contribution in [1.82, 2.24) is 9.78 Å². The lowest BCUT2D eigenvalue weighted by atomic mass is 9.99. The maximum absolute atomic E-state index is 13.2. The second-order valence-corrected chi connectivity index (χ2v) is 7.64. The molecule has 28 heavy (non-hydrogen) atoms. The van der Waals surface area contributed by atoms with Crippen molar-refractivity contribution in [3.63, 3.8) is 0 Å². The number of anilines is 2. The number of aryl methyl sites for hydroxylation is 1. The van der Waals surface area contributed by atoms with Crippen molar-refractivity contribution in [2.75, 3.05) is 17.2 Å². The highest BCUT2D eigenvalue weighted by Crippen LogP contribution is 2.32. The average Bonchev–Trinajstić information content (AvgIpc) is 2.97. The molecule has 3 aromatic rings. The number of nitrogens with two attached hydrogens (primary N) is 1. The van der Waals surface area contributed by atoms with Gasteiger partial charge in [-0.3, -0.25) is 4.79 Å². The molecule has 4 rings (SSSR count). The van der Waals surface area contributed by atoms with Crippen LogP contribution in [0.3, 0.4) is 0 Å². The van der Waals surface area contributed by atoms with Gasteiger partial charge in [0, 0.05) is 34.2 Å². The SMILES string of the molecule is Cc1nn(-c2ccc(Cl)cc2)c(C)c1CC(=O)N1CCCc2c(N)cccc21. The van der Waals surface area contributed by atoms with Crippen molar-refractivity contribution in [2.24, 2.45) is 0 Å². The smallest absolute Gasteiger partial charge is 0.231 e. The van der Waals surface area contributed by atoms with E-state index in [0.29, 0.717) is 11.4 Å². The van der Waals surface area contributed by atoms with E-state index in [1.165, 1.54) is 0 Å². The molecule has 0 saturated carbocycles. The van der Waals surface area contributed by atoms with Gasteiger partial charge in [-0.25, -0.2) is 4.68 Å². The van der Waals surface area contributed by atoms with Crippen LogP contribution < -0.4 is 10.6 Å². The highest BCUT2D eigenvalue weighted by Gasteiger charge is 2.25. The van der Waals surface area contributed by atoms with Gasteiger partial charge in [0.2, 0.25) is 5.91 Å². The van der Waals surface area contributed by atoms with Gasteiger partial charge in [-0.05, 0) is 68.7 Å². The number of benzene rings is 2. The maximum Gasteiger partial charge on any atom is 0.231 e. The number of hydrogen-bond acceptors (Lipinski definition) is 3. The number of fused-ring (bicyclic) bond motifs is 1. The molecule has 2 heterocycles. The molecule has 5 nitrogen and oxygen atoms in total. The summed E-state index contributed by atoms with van der Waals surface area (Å²) in [4.78, 5) is 15.0. The first-order chi connectivity index (χ1) is 13.5. The Morgan fingerprint density at radius 3 is 2.68 bits per heavy atom. The molecular weight excluding hydrogens is 372 g/mol. The van der Waals surface area contributed by atoms with Crippen molar-refractivity contribution in [3.8, 4) is 5.69 Å². The fourth-order valence-corrected chi connectivity index (χ4v) is 4.05. The molecule has 1 amide bonds. The quantitative estimate of drug-likeness (QED) is 0.675. The van der Waals surface area contributed by atoms with E-state index in [1.807, 2.05) is 65.9 Å². The van der Waals surface area contributed by atoms with Gasteiger partial charge in [-0.15, -0.1) is 0 Å². The van der Waals surface area contributed by atoms with E-state index in [0.717, 1.165) is 59.0 Å². The lowest BCUT2D eigenvalue weighted by Crippen LogP contribution is -2.37. The molecule has 0 radical (unpaired) electrons. The Morgan fingerprint density at radius 2 is 1.93 bits per heavy atom. The summed E-state index contributed by atoms with van der Waals surface area (Å²) in [6.07, 6.45) is 2.16. The first-order valence-corrected chi connectivity index (χ1v) is 9.82. The van der Waals surface area contributed by atoms with Crippen LogP contribution in [0.25, 0.3) is 5.69 Å². The summed E-state index contributed by atoms with van der Waals surface area (Å²) >= 11 is 5.99. The Hall–Kier alpha value is -2.79. The summed E-state index contributed by atoms with van der Waals surface area (Å²) in [6, 6.07) is 13.3. The van der Waals surface area contributed by atoms with Crippen LogP contribution in [0.1, 0.15) is 28.9 Å². The fraction of sp³-hybridized carbons (Fsp3) is 0.273. The van der Waals surface area contributed by atoms with Crippen LogP contribution in [-0.2, 0) is 17.6 Å². The molecule has 1 aliphatic rings. The largest absolute Gasteiger partial charge is 0.398 e. The summed E-state index contributed by atoms with van der Waals surface area (Å²) in [5.74, 6) is 0.0772. The van der Waals surface area contributed by atoms with Crippen molar-refractivity contribution >= 4 is 28.9 Å². The van der Waals surface area contributed by atoms with E-state index in [2.05, 4.69) is 5.10 Å². The molecule has 6 heteroatoms. The number of halogens is 1. The Bertz CT molecular complexity index is 1040. The molecule has 2 aromatic carbocycles. The Morgan fingerprint density at radius 1 is 1.18 bits per heavy atom. The van der Waals surface area contributed by atoms with E-state index in [4.69, 9.17) is 17.3 Å². The van der Waals surface area contributed by atoms with Crippen molar-refractivity contribution in [1.29, 1.82) is 0 Å². The summed E-state index contributed by atoms with van der Waals surface area (Å²) in [7, 11) is 0. The lowest BCUT2D eigenvalue weighted by Gasteiger charge is -2.30. The van der Waals surface area contributed by atoms with Crippen LogP contribution in [0.2, 0.25) is 5.02 Å². The molecule has 0 aliphatic carbocycles. The average molecular weight is 395 g/mol. The van der Waals surface area contributed by atoms with Crippen LogP contribution in [0, 0.1) is 13.8 Å². The standard InChI is InChI=1S/C22H23ClN4O/c1-14-19(15(2)27(25-14)17-10-8-16(23)9-11-17)13-22(28)26-12-4-5-18-20(24)6-3-7-21(18)26/h3,6-11H,4-5,12-13,24H2,1-2H3. The van der Waals surface area contributed by atoms with Crippen molar-refractivity contribution < 1.29 is 4.79 Å². The molecule has 0 saturated heterocycles. The predicted octanol–water partition coefficient (Wildman–Crippen LogP) is 4.25. The van der Waals surface area contributed by atoms with Gasteiger partial charge >= 0.3 is 0 Å². The predicted molar refractivity (Wildman–Crippen MR) is 113 cm³/mol. The number of rotatable bonds is 3. The van der Waals surface area contributed by atoms with Gasteiger partial charge in [0.25, 0.3) is 0 Å². The summed E-state index contributed by atoms with van der Waals surface area (Å²) in [5.41, 5.74) is 12.6. The summed E-state index contributed by atoms with van der Waals surface area (Å²) in [5, 5.41) is 5.33. The fourth-order valence-electron chi connectivity index (χ4n) is 3.92. The third kappa shape index (κ3) is 3.27. The number of nitrogen functional groups attached to an aromatic ring is 1. The van der Waals surface area contributed by atoms with Gasteiger partial charge in [0.15, 0.2) is 0 Å². The van der Waals surface area contributed by atoms with Gasteiger partial charge in [0.05, 0.1) is 17.8 Å². The van der Waals surface area contributed by atoms with Crippen LogP contribution >= 0.6 is 11.6 Å². The zero-order valence-electron chi connectivity index (χ0n) is 16.1. The Labute approximate surface area is 169 Å². The van der Waals surface area contributed by atoms with Crippen LogP contribution in [0.15, 0.2) is 42.5 Å². The number of nitrogens with zero attached hydrogens (tertiary/aromatic N) is 3. The Balaban J connectivity index is 1.63. The van der Waals surface area contributed by atoms with E-state index in [1.54, 1.807) is 0 Å². The number of carbonyl (C=O) groups excluding carboxylic acids is 1. The summed E-state index contributed by atoms with van der Waals surface area (Å²) in [6.45, 7) is 4.67. The zero-order valence-corrected chi connectivity index (χ0v) is 16.8. The summed E-state index contributed by atoms with van der Waals surface area (Å²) < 4.78 is 1.87. The van der Waals surface area contributed by atoms with Gasteiger partial charge in [-0.1, -0.05) is 17.7 Å². The molecule has 144 valence electrons. The molecule has 0 fully saturated rings. The minimum absolute atomic E-state index is 0.0772. The number of amides is 1. The van der Waals surface area contributed by atoms with Gasteiger partial charge in [0.1, 0.15) is 0 Å². The van der Waals surface area contributed by atoms with E-state index in [-0.39, 0.29) is 5.91 Å². The number of aromatic nitrogens is 2. The molecule has 0 atom stereocenters. The molecular formula is C22H23ClN4O. The monoisotopic (exact) mass is 394 g/mol. The topological polar surface area (TPSA) is 64.2 Å². The van der Waals surface area contributed by atoms with Crippen LogP contribution in [0.5, 0.6) is 0 Å². The molecule has 0 bridgehead atoms. The van der Waals surface area contributed by atoms with Crippen LogP contribution in [-0.4, -0.2) is 22.2 Å². The van der Waals surface area contributed by atoms with E-state index >= 15 is 0 Å². The van der Waals surface area contributed by atoms with Crippen molar-refractivity contribution in [2.45, 2.75) is 33.1 Å². The van der Waals surface area contributed by atoms with Gasteiger partial charge in [-0.2, -0.15) is 5.10 Å². The molecule has 0 spiro atoms. The number of carbonyl (C=O) groups is 1. The third-order valence-corrected chi connectivity index (χ3v) is 5.68. The third-order valence-electron chi connectivity index (χ3n) is 5.43. The second-order valence-electron chi connectivity index (χ2n) is 7.21. The molecule has 2 N–H and O–H groups in total. The molecule has 1 aliphatic heterocycles. The molecule has 1 aromatic heterocycles.